The lowest BCUT2D eigenvalue weighted by Crippen LogP contribution is -2.51. The first-order valence-corrected chi connectivity index (χ1v) is 8.88. The predicted molar refractivity (Wildman–Crippen MR) is 81.7 cm³/mol. The van der Waals surface area contributed by atoms with Crippen molar-refractivity contribution >= 4 is 21.0 Å². The van der Waals surface area contributed by atoms with E-state index in [0.29, 0.717) is 30.9 Å². The van der Waals surface area contributed by atoms with Gasteiger partial charge >= 0.3 is 0 Å². The van der Waals surface area contributed by atoms with Gasteiger partial charge in [-0.15, -0.1) is 5.10 Å². The number of para-hydroxylation sites is 1. The minimum atomic E-state index is -3.38. The molecule has 1 aliphatic heterocycles. The molecule has 0 spiro atoms. The highest BCUT2D eigenvalue weighted by molar-refractivity contribution is 7.88. The molecule has 4 rings (SSSR count). The molecule has 0 saturated carbocycles. The Morgan fingerprint density at radius 2 is 2.09 bits per heavy atom. The molecule has 1 aromatic carbocycles. The summed E-state index contributed by atoms with van der Waals surface area (Å²) in [6.07, 6.45) is 3.39. The Bertz CT molecular complexity index is 913. The molecular weight excluding hydrogens is 318 g/mol. The van der Waals surface area contributed by atoms with Crippen molar-refractivity contribution in [2.24, 2.45) is 5.92 Å². The first-order chi connectivity index (χ1) is 11.1. The fourth-order valence-corrected chi connectivity index (χ4v) is 4.38. The number of hydrogen-bond acceptors (Lipinski definition) is 6. The monoisotopic (exact) mass is 333 g/mol. The van der Waals surface area contributed by atoms with E-state index in [2.05, 4.69) is 15.5 Å². The lowest BCUT2D eigenvalue weighted by atomic mass is 10.0. The average molecular weight is 333 g/mol. The molecular formula is C14H15N5O3S. The Morgan fingerprint density at radius 3 is 2.87 bits per heavy atom. The molecule has 23 heavy (non-hydrogen) atoms. The van der Waals surface area contributed by atoms with Crippen LogP contribution in [0, 0.1) is 5.92 Å². The Hall–Kier alpha value is -2.26. The zero-order chi connectivity index (χ0) is 15.9. The van der Waals surface area contributed by atoms with E-state index in [0.717, 1.165) is 5.39 Å². The zero-order valence-electron chi connectivity index (χ0n) is 12.2. The second-order valence-electron chi connectivity index (χ2n) is 5.69. The van der Waals surface area contributed by atoms with Crippen LogP contribution in [0.3, 0.4) is 0 Å². The molecule has 0 unspecified atom stereocenters. The third-order valence-electron chi connectivity index (χ3n) is 4.01. The van der Waals surface area contributed by atoms with Gasteiger partial charge < -0.3 is 4.52 Å². The Balaban J connectivity index is 1.43. The summed E-state index contributed by atoms with van der Waals surface area (Å²) in [6, 6.07) is 7.26. The van der Waals surface area contributed by atoms with E-state index in [9.17, 15) is 8.42 Å². The van der Waals surface area contributed by atoms with Gasteiger partial charge in [0.05, 0.1) is 6.20 Å². The minimum absolute atomic E-state index is 0.139. The highest BCUT2D eigenvalue weighted by atomic mass is 32.2. The molecule has 120 valence electrons. The number of sulfonamides is 1. The number of aromatic nitrogens is 4. The molecule has 0 amide bonds. The molecule has 1 saturated heterocycles. The molecule has 1 fully saturated rings. The van der Waals surface area contributed by atoms with Gasteiger partial charge in [-0.1, -0.05) is 22.5 Å². The largest absolute Gasteiger partial charge is 0.356 e. The molecule has 1 aliphatic rings. The summed E-state index contributed by atoms with van der Waals surface area (Å²) >= 11 is 0. The van der Waals surface area contributed by atoms with Crippen LogP contribution in [0.5, 0.6) is 0 Å². The molecule has 9 heteroatoms. The van der Waals surface area contributed by atoms with Gasteiger partial charge in [-0.25, -0.2) is 12.7 Å². The van der Waals surface area contributed by atoms with Crippen LogP contribution in [0.4, 0.5) is 0 Å². The topological polar surface area (TPSA) is 94.1 Å². The fraction of sp³-hybridized carbons (Fsp3) is 0.357. The average Bonchev–Trinajstić information content (AvgIpc) is 3.12. The second kappa shape index (κ2) is 5.43. The summed E-state index contributed by atoms with van der Waals surface area (Å²) in [4.78, 5) is 0. The van der Waals surface area contributed by atoms with Crippen LogP contribution in [0.15, 0.2) is 41.2 Å². The number of nitrogens with zero attached hydrogens (tertiary/aromatic N) is 5. The van der Waals surface area contributed by atoms with Crippen molar-refractivity contribution in [1.82, 2.24) is 24.5 Å². The first-order valence-electron chi connectivity index (χ1n) is 7.27. The van der Waals surface area contributed by atoms with Gasteiger partial charge in [-0.3, -0.25) is 4.68 Å². The molecule has 2 aromatic heterocycles. The van der Waals surface area contributed by atoms with Gasteiger partial charge in [-0.2, -0.15) is 0 Å². The number of hydrogen-bond donors (Lipinski definition) is 0. The first kappa shape index (κ1) is 14.3. The standard InChI is InChI=1S/C14H15N5O3S/c20-23(21,10-13-12-3-1-2-4-14(12)22-16-13)19-8-11(9-19)7-18-6-5-15-17-18/h1-6,11H,7-10H2. The minimum Gasteiger partial charge on any atom is -0.356 e. The summed E-state index contributed by atoms with van der Waals surface area (Å²) < 4.78 is 33.3. The molecule has 0 atom stereocenters. The highest BCUT2D eigenvalue weighted by Crippen LogP contribution is 2.26. The van der Waals surface area contributed by atoms with Crippen molar-refractivity contribution in [3.8, 4) is 0 Å². The normalized spacial score (nSPS) is 16.7. The van der Waals surface area contributed by atoms with Crippen molar-refractivity contribution in [2.45, 2.75) is 12.3 Å². The molecule has 0 bridgehead atoms. The Labute approximate surface area is 132 Å². The lowest BCUT2D eigenvalue weighted by molar-refractivity contribution is 0.173. The second-order valence-corrected chi connectivity index (χ2v) is 7.66. The van der Waals surface area contributed by atoms with Crippen LogP contribution in [0.25, 0.3) is 11.0 Å². The van der Waals surface area contributed by atoms with Gasteiger partial charge in [0.15, 0.2) is 5.58 Å². The maximum absolute atomic E-state index is 12.5. The lowest BCUT2D eigenvalue weighted by Gasteiger charge is -2.37. The fourth-order valence-electron chi connectivity index (χ4n) is 2.77. The van der Waals surface area contributed by atoms with E-state index in [1.165, 1.54) is 4.31 Å². The van der Waals surface area contributed by atoms with Gasteiger partial charge in [0.1, 0.15) is 11.4 Å². The maximum Gasteiger partial charge on any atom is 0.220 e. The SMILES string of the molecule is O=S(=O)(Cc1noc2ccccc12)N1CC(Cn2ccnn2)C1. The van der Waals surface area contributed by atoms with E-state index in [4.69, 9.17) is 4.52 Å². The molecule has 0 radical (unpaired) electrons. The van der Waals surface area contributed by atoms with Crippen molar-refractivity contribution in [2.75, 3.05) is 13.1 Å². The van der Waals surface area contributed by atoms with Crippen molar-refractivity contribution in [1.29, 1.82) is 0 Å². The van der Waals surface area contributed by atoms with Crippen LogP contribution in [-0.2, 0) is 22.3 Å². The number of benzene rings is 1. The predicted octanol–water partition coefficient (Wildman–Crippen LogP) is 0.881. The summed E-state index contributed by atoms with van der Waals surface area (Å²) in [6.45, 7) is 1.68. The number of fused-ring (bicyclic) bond motifs is 1. The van der Waals surface area contributed by atoms with E-state index in [1.54, 1.807) is 23.1 Å². The quantitative estimate of drug-likeness (QED) is 0.688. The van der Waals surface area contributed by atoms with Crippen molar-refractivity contribution < 1.29 is 12.9 Å². The summed E-state index contributed by atoms with van der Waals surface area (Å²) in [5, 5.41) is 12.3. The molecule has 0 aliphatic carbocycles. The maximum atomic E-state index is 12.5. The van der Waals surface area contributed by atoms with Crippen molar-refractivity contribution in [3.63, 3.8) is 0 Å². The Morgan fingerprint density at radius 1 is 1.26 bits per heavy atom. The van der Waals surface area contributed by atoms with Gasteiger partial charge in [0, 0.05) is 37.1 Å². The van der Waals surface area contributed by atoms with Gasteiger partial charge in [0.2, 0.25) is 10.0 Å². The summed E-state index contributed by atoms with van der Waals surface area (Å²) in [7, 11) is -3.38. The summed E-state index contributed by atoms with van der Waals surface area (Å²) in [5.41, 5.74) is 1.06. The van der Waals surface area contributed by atoms with Crippen molar-refractivity contribution in [3.05, 3.63) is 42.4 Å². The molecule has 0 N–H and O–H groups in total. The van der Waals surface area contributed by atoms with E-state index in [1.807, 2.05) is 18.2 Å². The van der Waals surface area contributed by atoms with E-state index >= 15 is 0 Å². The van der Waals surface area contributed by atoms with Crippen LogP contribution in [0.1, 0.15) is 5.69 Å². The smallest absolute Gasteiger partial charge is 0.220 e. The van der Waals surface area contributed by atoms with Crippen LogP contribution >= 0.6 is 0 Å². The molecule has 3 heterocycles. The van der Waals surface area contributed by atoms with Crippen LogP contribution in [0.2, 0.25) is 0 Å². The van der Waals surface area contributed by atoms with Crippen LogP contribution in [-0.4, -0.2) is 46.0 Å². The van der Waals surface area contributed by atoms with E-state index in [-0.39, 0.29) is 11.7 Å². The zero-order valence-corrected chi connectivity index (χ0v) is 13.1. The molecule has 8 nitrogen and oxygen atoms in total. The third kappa shape index (κ3) is 2.73. The highest BCUT2D eigenvalue weighted by Gasteiger charge is 2.36. The van der Waals surface area contributed by atoms with Gasteiger partial charge in [-0.05, 0) is 12.1 Å². The third-order valence-corrected chi connectivity index (χ3v) is 5.73. The van der Waals surface area contributed by atoms with E-state index < -0.39 is 10.0 Å². The summed E-state index contributed by atoms with van der Waals surface area (Å²) in [5.74, 6) is 0.126. The number of rotatable bonds is 5. The van der Waals surface area contributed by atoms with Gasteiger partial charge in [0.25, 0.3) is 0 Å². The van der Waals surface area contributed by atoms with Crippen LogP contribution < -0.4 is 0 Å². The molecule has 3 aromatic rings. The Kier molecular flexibility index (Phi) is 3.38.